The van der Waals surface area contributed by atoms with Crippen LogP contribution in [0.3, 0.4) is 0 Å². The Hall–Kier alpha value is -0.550. The van der Waals surface area contributed by atoms with Crippen LogP contribution in [-0.2, 0) is 0 Å². The SMILES string of the molecule is CCC1CCCC(O)(C2(C#N)CCC2)C1. The summed E-state index contributed by atoms with van der Waals surface area (Å²) in [6.45, 7) is 2.19. The van der Waals surface area contributed by atoms with Crippen LogP contribution >= 0.6 is 0 Å². The highest BCUT2D eigenvalue weighted by Crippen LogP contribution is 2.55. The van der Waals surface area contributed by atoms with Crippen molar-refractivity contribution in [2.75, 3.05) is 0 Å². The number of hydrogen-bond donors (Lipinski definition) is 1. The molecule has 0 aromatic heterocycles. The first kappa shape index (κ1) is 11.0. The predicted octanol–water partition coefficient (Wildman–Crippen LogP) is 3.01. The van der Waals surface area contributed by atoms with Crippen LogP contribution in [0.15, 0.2) is 0 Å². The van der Waals surface area contributed by atoms with E-state index in [0.29, 0.717) is 5.92 Å². The molecule has 0 radical (unpaired) electrons. The van der Waals surface area contributed by atoms with Gasteiger partial charge in [0.1, 0.15) is 0 Å². The van der Waals surface area contributed by atoms with Gasteiger partial charge in [-0.05, 0) is 31.6 Å². The Balaban J connectivity index is 2.15. The lowest BCUT2D eigenvalue weighted by Gasteiger charge is -2.51. The first-order valence-electron chi connectivity index (χ1n) is 6.29. The van der Waals surface area contributed by atoms with Gasteiger partial charge in [0.2, 0.25) is 0 Å². The van der Waals surface area contributed by atoms with E-state index in [1.807, 2.05) is 0 Å². The Morgan fingerprint density at radius 1 is 1.33 bits per heavy atom. The van der Waals surface area contributed by atoms with Crippen molar-refractivity contribution in [3.05, 3.63) is 0 Å². The molecular weight excluding hydrogens is 186 g/mol. The van der Waals surface area contributed by atoms with Crippen LogP contribution in [0.2, 0.25) is 0 Å². The van der Waals surface area contributed by atoms with Gasteiger partial charge in [-0.3, -0.25) is 0 Å². The summed E-state index contributed by atoms with van der Waals surface area (Å²) in [4.78, 5) is 0. The highest BCUT2D eigenvalue weighted by atomic mass is 16.3. The molecule has 2 fully saturated rings. The van der Waals surface area contributed by atoms with Crippen LogP contribution in [-0.4, -0.2) is 10.7 Å². The standard InChI is InChI=1S/C13H21NO/c1-2-11-5-3-8-13(15,9-11)12(10-14)6-4-7-12/h11,15H,2-9H2,1H3. The minimum atomic E-state index is -0.668. The van der Waals surface area contributed by atoms with E-state index in [-0.39, 0.29) is 5.41 Å². The third kappa shape index (κ3) is 1.58. The molecule has 2 atom stereocenters. The fraction of sp³-hybridized carbons (Fsp3) is 0.923. The summed E-state index contributed by atoms with van der Waals surface area (Å²) in [7, 11) is 0. The first-order valence-corrected chi connectivity index (χ1v) is 6.29. The monoisotopic (exact) mass is 207 g/mol. The highest BCUT2D eigenvalue weighted by molar-refractivity contribution is 5.16. The molecule has 2 heteroatoms. The summed E-state index contributed by atoms with van der Waals surface area (Å²) in [5.41, 5.74) is -1.06. The van der Waals surface area contributed by atoms with E-state index in [1.54, 1.807) is 0 Å². The second kappa shape index (κ2) is 3.79. The molecule has 84 valence electrons. The van der Waals surface area contributed by atoms with Gasteiger partial charge in [0, 0.05) is 0 Å². The number of aliphatic hydroxyl groups is 1. The van der Waals surface area contributed by atoms with Crippen molar-refractivity contribution < 1.29 is 5.11 Å². The number of nitrogens with zero attached hydrogens (tertiary/aromatic N) is 1. The van der Waals surface area contributed by atoms with Gasteiger partial charge in [-0.25, -0.2) is 0 Å². The van der Waals surface area contributed by atoms with Crippen LogP contribution in [0.1, 0.15) is 58.3 Å². The molecule has 2 unspecified atom stereocenters. The molecule has 0 bridgehead atoms. The summed E-state index contributed by atoms with van der Waals surface area (Å²) >= 11 is 0. The molecule has 0 spiro atoms. The minimum Gasteiger partial charge on any atom is -0.388 e. The predicted molar refractivity (Wildman–Crippen MR) is 59.1 cm³/mol. The molecule has 2 aliphatic carbocycles. The van der Waals surface area contributed by atoms with Gasteiger partial charge in [0.25, 0.3) is 0 Å². The molecule has 0 aromatic rings. The van der Waals surface area contributed by atoms with Gasteiger partial charge in [0.05, 0.1) is 17.1 Å². The van der Waals surface area contributed by atoms with E-state index < -0.39 is 5.60 Å². The summed E-state index contributed by atoms with van der Waals surface area (Å²) in [5, 5.41) is 20.0. The van der Waals surface area contributed by atoms with Gasteiger partial charge in [-0.2, -0.15) is 5.26 Å². The van der Waals surface area contributed by atoms with Crippen LogP contribution in [0.4, 0.5) is 0 Å². The van der Waals surface area contributed by atoms with Crippen molar-refractivity contribution in [1.82, 2.24) is 0 Å². The van der Waals surface area contributed by atoms with Crippen molar-refractivity contribution in [2.45, 2.75) is 63.9 Å². The molecule has 0 aromatic carbocycles. The Morgan fingerprint density at radius 3 is 2.53 bits per heavy atom. The van der Waals surface area contributed by atoms with E-state index in [1.165, 1.54) is 6.42 Å². The molecule has 1 N–H and O–H groups in total. The van der Waals surface area contributed by atoms with Crippen LogP contribution in [0.5, 0.6) is 0 Å². The highest BCUT2D eigenvalue weighted by Gasteiger charge is 2.55. The molecule has 0 saturated heterocycles. The molecule has 2 saturated carbocycles. The molecule has 2 aliphatic rings. The quantitative estimate of drug-likeness (QED) is 0.756. The van der Waals surface area contributed by atoms with E-state index in [4.69, 9.17) is 0 Å². The first-order chi connectivity index (χ1) is 7.16. The zero-order chi connectivity index (χ0) is 10.9. The molecule has 2 rings (SSSR count). The molecule has 0 aliphatic heterocycles. The van der Waals surface area contributed by atoms with Crippen molar-refractivity contribution in [2.24, 2.45) is 11.3 Å². The maximum Gasteiger partial charge on any atom is 0.0860 e. The lowest BCUT2D eigenvalue weighted by molar-refractivity contribution is -0.128. The Bertz CT molecular complexity index is 277. The molecule has 0 heterocycles. The number of nitriles is 1. The Kier molecular flexibility index (Phi) is 2.77. The van der Waals surface area contributed by atoms with Crippen molar-refractivity contribution in [3.8, 4) is 6.07 Å². The average Bonchev–Trinajstić information content (AvgIpc) is 2.16. The van der Waals surface area contributed by atoms with E-state index in [2.05, 4.69) is 13.0 Å². The van der Waals surface area contributed by atoms with Crippen LogP contribution < -0.4 is 0 Å². The van der Waals surface area contributed by atoms with E-state index in [0.717, 1.165) is 44.9 Å². The number of rotatable bonds is 2. The van der Waals surface area contributed by atoms with Crippen molar-refractivity contribution >= 4 is 0 Å². The van der Waals surface area contributed by atoms with E-state index in [9.17, 15) is 10.4 Å². The molecule has 15 heavy (non-hydrogen) atoms. The molecule has 2 nitrogen and oxygen atoms in total. The van der Waals surface area contributed by atoms with Crippen molar-refractivity contribution in [1.29, 1.82) is 5.26 Å². The largest absolute Gasteiger partial charge is 0.388 e. The van der Waals surface area contributed by atoms with Crippen LogP contribution in [0.25, 0.3) is 0 Å². The topological polar surface area (TPSA) is 44.0 Å². The zero-order valence-corrected chi connectivity index (χ0v) is 9.63. The number of hydrogen-bond acceptors (Lipinski definition) is 2. The second-order valence-corrected chi connectivity index (χ2v) is 5.45. The van der Waals surface area contributed by atoms with Crippen LogP contribution in [0, 0.1) is 22.7 Å². The summed E-state index contributed by atoms with van der Waals surface area (Å²) in [6, 6.07) is 2.42. The second-order valence-electron chi connectivity index (χ2n) is 5.45. The molecule has 0 amide bonds. The fourth-order valence-corrected chi connectivity index (χ4v) is 3.36. The Labute approximate surface area is 92.3 Å². The normalized spacial score (nSPS) is 39.1. The van der Waals surface area contributed by atoms with Gasteiger partial charge < -0.3 is 5.11 Å². The summed E-state index contributed by atoms with van der Waals surface area (Å²) < 4.78 is 0. The third-order valence-electron chi connectivity index (χ3n) is 4.72. The smallest absolute Gasteiger partial charge is 0.0860 e. The minimum absolute atomic E-state index is 0.388. The van der Waals surface area contributed by atoms with Gasteiger partial charge in [-0.1, -0.05) is 32.6 Å². The maximum absolute atomic E-state index is 10.7. The third-order valence-corrected chi connectivity index (χ3v) is 4.72. The van der Waals surface area contributed by atoms with E-state index >= 15 is 0 Å². The van der Waals surface area contributed by atoms with Gasteiger partial charge >= 0.3 is 0 Å². The average molecular weight is 207 g/mol. The lowest BCUT2D eigenvalue weighted by Crippen LogP contribution is -2.54. The van der Waals surface area contributed by atoms with Gasteiger partial charge in [0.15, 0.2) is 0 Å². The lowest BCUT2D eigenvalue weighted by atomic mass is 9.54. The Morgan fingerprint density at radius 2 is 2.07 bits per heavy atom. The molecular formula is C13H21NO. The maximum atomic E-state index is 10.7. The van der Waals surface area contributed by atoms with Crippen molar-refractivity contribution in [3.63, 3.8) is 0 Å². The van der Waals surface area contributed by atoms with Gasteiger partial charge in [-0.15, -0.1) is 0 Å². The fourth-order valence-electron chi connectivity index (χ4n) is 3.36. The summed E-state index contributed by atoms with van der Waals surface area (Å²) in [5.74, 6) is 0.634. The zero-order valence-electron chi connectivity index (χ0n) is 9.63. The summed E-state index contributed by atoms with van der Waals surface area (Å²) in [6.07, 6.45) is 8.12.